The molecule has 0 bridgehead atoms. The van der Waals surface area contributed by atoms with Gasteiger partial charge in [-0.2, -0.15) is 5.10 Å². The summed E-state index contributed by atoms with van der Waals surface area (Å²) in [5.74, 6) is -6.25. The second-order valence-corrected chi connectivity index (χ2v) is 24.3. The van der Waals surface area contributed by atoms with Gasteiger partial charge in [0.25, 0.3) is 23.6 Å². The van der Waals surface area contributed by atoms with E-state index in [0.717, 1.165) is 46.7 Å². The van der Waals surface area contributed by atoms with Gasteiger partial charge in [0.05, 0.1) is 12.2 Å². The third kappa shape index (κ3) is 16.7. The minimum absolute atomic E-state index is 0.0861. The summed E-state index contributed by atoms with van der Waals surface area (Å²) >= 11 is 0. The smallest absolute Gasteiger partial charge is 0.329 e. The summed E-state index contributed by atoms with van der Waals surface area (Å²) in [6.45, 7) is 18.2. The molecule has 2 aliphatic carbocycles. The fourth-order valence-electron chi connectivity index (χ4n) is 10.4. The van der Waals surface area contributed by atoms with Gasteiger partial charge in [-0.05, 0) is 112 Å². The summed E-state index contributed by atoms with van der Waals surface area (Å²) in [5.41, 5.74) is 4.56. The molecule has 4 amide bonds. The molecule has 0 unspecified atom stereocenters. The van der Waals surface area contributed by atoms with Crippen molar-refractivity contribution in [3.63, 3.8) is 0 Å². The van der Waals surface area contributed by atoms with Crippen molar-refractivity contribution in [2.24, 2.45) is 23.7 Å². The van der Waals surface area contributed by atoms with E-state index in [1.165, 1.54) is 57.5 Å². The van der Waals surface area contributed by atoms with Gasteiger partial charge in [-0.1, -0.05) is 110 Å². The molecule has 6 rings (SSSR count). The number of aromatic nitrogens is 2. The first kappa shape index (κ1) is 62.6. The second-order valence-electron chi connectivity index (χ2n) is 24.3. The van der Waals surface area contributed by atoms with Crippen LogP contribution in [0.4, 0.5) is 0 Å². The Balaban J connectivity index is 1.40. The summed E-state index contributed by atoms with van der Waals surface area (Å²) in [6.07, 6.45) is -1.25. The van der Waals surface area contributed by atoms with Crippen LogP contribution in [0.5, 0.6) is 0 Å². The number of carbonyl (C=O) groups is 8. The Bertz CT molecular complexity index is 2640. The minimum atomic E-state index is -1.53. The lowest BCUT2D eigenvalue weighted by molar-refractivity contribution is -0.176. The molecule has 80 heavy (non-hydrogen) atoms. The highest BCUT2D eigenvalue weighted by molar-refractivity contribution is 5.94. The van der Waals surface area contributed by atoms with E-state index in [1.54, 1.807) is 30.3 Å². The number of hydrogen-bond acceptors (Lipinski definition) is 13. The highest BCUT2D eigenvalue weighted by Gasteiger charge is 2.43. The number of benzene rings is 2. The molecule has 3 aliphatic rings. The summed E-state index contributed by atoms with van der Waals surface area (Å²) in [7, 11) is 5.63. The molecule has 8 atom stereocenters. The van der Waals surface area contributed by atoms with Crippen molar-refractivity contribution >= 4 is 47.5 Å². The third-order valence-electron chi connectivity index (χ3n) is 15.3. The maximum atomic E-state index is 15.2. The zero-order valence-electron chi connectivity index (χ0n) is 49.7. The standard InChI is InChI=1S/C62H88N6O12/c1-36(2)27-49-59(73)77-41(10)56(70)65(12)52(30-39(7)8)62(76)80-54(33-43-21-18-22-44(31-43)35-68-48(46-25-26-46)34-47(63-68)45-23-24-45)58(72)67(14)50(28-37(3)4)60(74)78-40(9)55(69)64(11)51(29-38(5)6)61(75)79-53(57(71)66(49)13)32-42-19-16-15-17-20-42/h15-22,31,34,36-41,45-46,49-54H,23-30,32-33,35H2,1-14H3/t40-,41-,49+,50+,51+,52+,53-,54-/m1/s1. The van der Waals surface area contributed by atoms with Crippen LogP contribution in [0, 0.1) is 23.7 Å². The Hall–Kier alpha value is -6.59. The van der Waals surface area contributed by atoms with Crippen LogP contribution in [-0.4, -0.2) is 154 Å². The predicted molar refractivity (Wildman–Crippen MR) is 300 cm³/mol. The van der Waals surface area contributed by atoms with E-state index in [-0.39, 0.29) is 62.2 Å². The minimum Gasteiger partial charge on any atom is -0.451 e. The van der Waals surface area contributed by atoms with Crippen LogP contribution in [0.1, 0.15) is 161 Å². The fraction of sp³-hybridized carbons (Fsp3) is 0.629. The molecule has 1 aromatic heterocycles. The molecular formula is C62H88N6O12. The van der Waals surface area contributed by atoms with Gasteiger partial charge >= 0.3 is 23.9 Å². The van der Waals surface area contributed by atoms with Crippen molar-refractivity contribution in [3.8, 4) is 0 Å². The topological polar surface area (TPSA) is 204 Å². The monoisotopic (exact) mass is 1110 g/mol. The lowest BCUT2D eigenvalue weighted by Crippen LogP contribution is -2.55. The van der Waals surface area contributed by atoms with Gasteiger partial charge in [0.1, 0.15) is 24.2 Å². The molecule has 2 saturated carbocycles. The molecule has 2 heterocycles. The molecular weight excluding hydrogens is 1020 g/mol. The van der Waals surface area contributed by atoms with Crippen molar-refractivity contribution in [1.29, 1.82) is 0 Å². The molecule has 18 nitrogen and oxygen atoms in total. The molecule has 3 aromatic rings. The first-order valence-electron chi connectivity index (χ1n) is 28.8. The van der Waals surface area contributed by atoms with Gasteiger partial charge in [-0.25, -0.2) is 19.2 Å². The van der Waals surface area contributed by atoms with Gasteiger partial charge < -0.3 is 38.5 Å². The summed E-state index contributed by atoms with van der Waals surface area (Å²) in [6, 6.07) is 13.7. The molecule has 0 radical (unpaired) electrons. The van der Waals surface area contributed by atoms with E-state index in [2.05, 4.69) is 10.7 Å². The van der Waals surface area contributed by atoms with Crippen molar-refractivity contribution < 1.29 is 57.3 Å². The normalized spacial score (nSPS) is 25.1. The largest absolute Gasteiger partial charge is 0.451 e. The van der Waals surface area contributed by atoms with E-state index in [0.29, 0.717) is 29.5 Å². The quantitative estimate of drug-likeness (QED) is 0.1000. The van der Waals surface area contributed by atoms with Crippen LogP contribution in [-0.2, 0) is 76.7 Å². The summed E-state index contributed by atoms with van der Waals surface area (Å²) in [4.78, 5) is 122. The van der Waals surface area contributed by atoms with Crippen LogP contribution in [0.3, 0.4) is 0 Å². The SMILES string of the molecule is CC(C)C[C@H]1C(=O)O[C@H](Cc2cccc(Cn3nc(C4CC4)cc3C3CC3)c2)C(=O)N(C)[C@@H](CC(C)C)C(=O)O[C@H](C)C(=O)N(C)[C@@H](CC(C)C)C(=O)O[C@H](Cc2ccccc2)C(=O)N(C)[C@@H](CC(C)C)C(=O)O[C@H](C)C(=O)N1C. The van der Waals surface area contributed by atoms with Gasteiger partial charge in [0.2, 0.25) is 0 Å². The molecule has 3 fully saturated rings. The number of esters is 4. The van der Waals surface area contributed by atoms with Gasteiger partial charge in [0, 0.05) is 58.6 Å². The Labute approximate surface area is 473 Å². The molecule has 438 valence electrons. The van der Waals surface area contributed by atoms with E-state index in [1.807, 2.05) is 79.7 Å². The van der Waals surface area contributed by atoms with Crippen molar-refractivity contribution in [2.75, 3.05) is 28.2 Å². The number of amides is 4. The van der Waals surface area contributed by atoms with Crippen molar-refractivity contribution in [2.45, 2.75) is 200 Å². The first-order valence-corrected chi connectivity index (χ1v) is 28.8. The van der Waals surface area contributed by atoms with Crippen LogP contribution < -0.4 is 0 Å². The van der Waals surface area contributed by atoms with E-state index in [4.69, 9.17) is 24.0 Å². The number of hydrogen-bond donors (Lipinski definition) is 0. The maximum Gasteiger partial charge on any atom is 0.329 e. The first-order chi connectivity index (χ1) is 37.7. The third-order valence-corrected chi connectivity index (χ3v) is 15.3. The predicted octanol–water partition coefficient (Wildman–Crippen LogP) is 7.66. The number of rotatable bonds is 16. The van der Waals surface area contributed by atoms with Crippen LogP contribution in [0.2, 0.25) is 0 Å². The zero-order valence-corrected chi connectivity index (χ0v) is 49.7. The van der Waals surface area contributed by atoms with Gasteiger partial charge in [-0.15, -0.1) is 0 Å². The van der Waals surface area contributed by atoms with Crippen LogP contribution in [0.15, 0.2) is 60.7 Å². The lowest BCUT2D eigenvalue weighted by atomic mass is 9.99. The fourth-order valence-corrected chi connectivity index (χ4v) is 10.4. The van der Waals surface area contributed by atoms with Crippen molar-refractivity contribution in [3.05, 3.63) is 88.7 Å². The molecule has 2 aromatic carbocycles. The van der Waals surface area contributed by atoms with E-state index < -0.39 is 96.1 Å². The number of cyclic esters (lactones) is 4. The number of nitrogens with zero attached hydrogens (tertiary/aromatic N) is 6. The molecule has 1 aliphatic heterocycles. The molecule has 1 saturated heterocycles. The highest BCUT2D eigenvalue weighted by atomic mass is 16.6. The maximum absolute atomic E-state index is 15.2. The van der Waals surface area contributed by atoms with Crippen LogP contribution >= 0.6 is 0 Å². The van der Waals surface area contributed by atoms with Crippen LogP contribution in [0.25, 0.3) is 0 Å². The average molecular weight is 1110 g/mol. The Morgan fingerprint density at radius 3 is 1.21 bits per heavy atom. The average Bonchev–Trinajstić information content (AvgIpc) is 4.40. The Morgan fingerprint density at radius 1 is 0.450 bits per heavy atom. The lowest BCUT2D eigenvalue weighted by Gasteiger charge is -2.35. The number of likely N-dealkylation sites (N-methyl/N-ethyl adjacent to an activating group) is 4. The van der Waals surface area contributed by atoms with E-state index in [9.17, 15) is 33.6 Å². The van der Waals surface area contributed by atoms with E-state index >= 15 is 4.79 Å². The number of ether oxygens (including phenoxy) is 4. The molecule has 0 N–H and O–H groups in total. The van der Waals surface area contributed by atoms with Gasteiger partial charge in [0.15, 0.2) is 24.4 Å². The second kappa shape index (κ2) is 27.7. The number of carbonyl (C=O) groups excluding carboxylic acids is 8. The van der Waals surface area contributed by atoms with Gasteiger partial charge in [-0.3, -0.25) is 23.9 Å². The Kier molecular flexibility index (Phi) is 21.7. The summed E-state index contributed by atoms with van der Waals surface area (Å²) in [5, 5.41) is 5.01. The zero-order chi connectivity index (χ0) is 58.9. The summed E-state index contributed by atoms with van der Waals surface area (Å²) < 4.78 is 26.3. The molecule has 0 spiro atoms. The van der Waals surface area contributed by atoms with Crippen molar-refractivity contribution in [1.82, 2.24) is 29.4 Å². The Morgan fingerprint density at radius 2 is 0.812 bits per heavy atom. The molecule has 18 heteroatoms. The highest BCUT2D eigenvalue weighted by Crippen LogP contribution is 2.45.